The Balaban J connectivity index is 0.000000174. The molecule has 2 fully saturated rings. The number of benzene rings is 2. The average molecular weight is 947 g/mol. The Morgan fingerprint density at radius 3 is 1.90 bits per heavy atom. The maximum Gasteiger partial charge on any atom is 0.255 e. The highest BCUT2D eigenvalue weighted by Crippen LogP contribution is 2.31. The molecule has 0 saturated carbocycles. The van der Waals surface area contributed by atoms with Crippen LogP contribution in [0.4, 0.5) is 8.78 Å². The third-order valence-electron chi connectivity index (χ3n) is 12.5. The minimum absolute atomic E-state index is 0.000813. The highest BCUT2D eigenvalue weighted by Gasteiger charge is 2.28. The van der Waals surface area contributed by atoms with Gasteiger partial charge in [0.1, 0.15) is 52.2 Å². The van der Waals surface area contributed by atoms with E-state index in [1.54, 1.807) is 60.4 Å². The molecule has 2 aliphatic rings. The Morgan fingerprint density at radius 2 is 1.35 bits per heavy atom. The molecule has 0 radical (unpaired) electrons. The zero-order valence-electron chi connectivity index (χ0n) is 39.3. The average Bonchev–Trinajstić information content (AvgIpc) is 4.18. The molecule has 8 heterocycles. The summed E-state index contributed by atoms with van der Waals surface area (Å²) in [6, 6.07) is 9.83. The molecule has 4 atom stereocenters. The van der Waals surface area contributed by atoms with Gasteiger partial charge in [-0.25, -0.2) is 28.7 Å². The van der Waals surface area contributed by atoms with Crippen LogP contribution < -0.4 is 10.6 Å². The number of hydrogen-bond donors (Lipinski definition) is 3. The predicted molar refractivity (Wildman–Crippen MR) is 257 cm³/mol. The summed E-state index contributed by atoms with van der Waals surface area (Å²) in [6.45, 7) is 13.2. The Bertz CT molecular complexity index is 3150. The van der Waals surface area contributed by atoms with E-state index in [9.17, 15) is 18.4 Å². The van der Waals surface area contributed by atoms with Gasteiger partial charge in [0.25, 0.3) is 11.8 Å². The lowest BCUT2D eigenvalue weighted by Gasteiger charge is -2.19. The van der Waals surface area contributed by atoms with Crippen LogP contribution in [0.15, 0.2) is 61.2 Å². The molecule has 17 nitrogen and oxygen atoms in total. The van der Waals surface area contributed by atoms with Crippen LogP contribution in [0.2, 0.25) is 25.7 Å². The highest BCUT2D eigenvalue weighted by molar-refractivity contribution is 6.76. The number of ether oxygens (including phenoxy) is 3. The lowest BCUT2D eigenvalue weighted by atomic mass is 10.1. The first kappa shape index (κ1) is 46.6. The maximum atomic E-state index is 13.9. The fourth-order valence-electron chi connectivity index (χ4n) is 8.74. The molecule has 2 saturated heterocycles. The molecule has 2 aromatic carbocycles. The molecule has 20 heteroatoms. The molecule has 2 amide bonds. The summed E-state index contributed by atoms with van der Waals surface area (Å²) in [4.78, 5) is 47.9. The molecule has 6 aromatic heterocycles. The Hall–Kier alpha value is -6.48. The molecule has 0 spiro atoms. The van der Waals surface area contributed by atoms with Crippen molar-refractivity contribution in [3.8, 4) is 22.8 Å². The van der Waals surface area contributed by atoms with Crippen LogP contribution in [0.25, 0.3) is 66.9 Å². The zero-order valence-corrected chi connectivity index (χ0v) is 40.3. The van der Waals surface area contributed by atoms with Gasteiger partial charge in [-0.15, -0.1) is 0 Å². The number of aromatic nitrogens is 10. The van der Waals surface area contributed by atoms with Crippen LogP contribution in [0.1, 0.15) is 60.2 Å². The third-order valence-corrected chi connectivity index (χ3v) is 14.2. The summed E-state index contributed by atoms with van der Waals surface area (Å²) in [5.41, 5.74) is 6.33. The smallest absolute Gasteiger partial charge is 0.255 e. The van der Waals surface area contributed by atoms with Crippen LogP contribution in [0.5, 0.6) is 0 Å². The third kappa shape index (κ3) is 9.76. The first-order chi connectivity index (χ1) is 32.6. The van der Waals surface area contributed by atoms with E-state index >= 15 is 0 Å². The normalized spacial score (nSPS) is 17.2. The molecule has 10 rings (SSSR count). The number of carbonyl (C=O) groups is 2. The fraction of sp³-hybridized carbons (Fsp3) is 0.417. The quantitative estimate of drug-likeness (QED) is 0.0758. The van der Waals surface area contributed by atoms with Crippen LogP contribution in [-0.4, -0.2) is 113 Å². The molecule has 0 aliphatic carbocycles. The largest absolute Gasteiger partial charge is 0.376 e. The molecule has 3 N–H and O–H groups in total. The van der Waals surface area contributed by atoms with E-state index in [2.05, 4.69) is 60.4 Å². The summed E-state index contributed by atoms with van der Waals surface area (Å²) >= 11 is 0. The second-order valence-electron chi connectivity index (χ2n) is 18.8. The molecule has 0 unspecified atom stereocenters. The Kier molecular flexibility index (Phi) is 13.2. The Labute approximate surface area is 392 Å². The lowest BCUT2D eigenvalue weighted by molar-refractivity contribution is 0.0710. The standard InChI is InChI=1S/C27H35FN6O3Si.C21H21FN6O2/c1-17(23-7-6-10-37-23)30-27(35)20-15-34(16-36-11-12-38(3,4)5)26-25(20)31-21(14-29-26)24-19-9-8-18(28)13-22(19)33(2)32-24;1-11(17-4-3-7-30-17)25-21(29)14-9-23-20-19(14)26-15(10-24-20)18-13-6-5-12(22)8-16(13)28(2)27-18/h8-9,13-15,17,23H,6-7,10-12,16H2,1-5H3,(H,30,35);5-6,8-11,17H,3-4,7H2,1-2H3,(H,23,24)(H,25,29)/t17-,23+;11-,17+/m11/s1. The van der Waals surface area contributed by atoms with Gasteiger partial charge in [0.2, 0.25) is 0 Å². The number of aryl methyl sites for hydroxylation is 2. The number of nitrogens with one attached hydrogen (secondary N) is 3. The molecule has 68 heavy (non-hydrogen) atoms. The SMILES string of the molecule is C[C@@H](NC(=O)c1c[nH]c2ncc(-c3nn(C)c4cc(F)ccc34)nc12)[C@@H]1CCCO1.C[C@@H](NC(=O)c1cn(COCC[Si](C)(C)C)c2ncc(-c3nn(C)c4cc(F)ccc34)nc12)[C@@H]1CCCO1. The molecule has 8 aromatic rings. The van der Waals surface area contributed by atoms with E-state index in [0.717, 1.165) is 55.7 Å². The van der Waals surface area contributed by atoms with E-state index in [0.29, 0.717) is 73.9 Å². The molecule has 0 bridgehead atoms. The number of H-pyrrole nitrogens is 1. The van der Waals surface area contributed by atoms with Gasteiger partial charge in [-0.2, -0.15) is 10.2 Å². The van der Waals surface area contributed by atoms with Gasteiger partial charge in [-0.1, -0.05) is 19.6 Å². The van der Waals surface area contributed by atoms with Gasteiger partial charge in [-0.3, -0.25) is 19.0 Å². The number of fused-ring (bicyclic) bond motifs is 4. The lowest BCUT2D eigenvalue weighted by Crippen LogP contribution is -2.40. The predicted octanol–water partition coefficient (Wildman–Crippen LogP) is 7.68. The Morgan fingerprint density at radius 1 is 0.809 bits per heavy atom. The van der Waals surface area contributed by atoms with Gasteiger partial charge >= 0.3 is 0 Å². The second kappa shape index (κ2) is 19.3. The van der Waals surface area contributed by atoms with Crippen molar-refractivity contribution in [1.82, 2.24) is 59.7 Å². The van der Waals surface area contributed by atoms with Crippen LogP contribution in [0, 0.1) is 11.6 Å². The van der Waals surface area contributed by atoms with Crippen molar-refractivity contribution in [2.75, 3.05) is 19.8 Å². The van der Waals surface area contributed by atoms with Crippen molar-refractivity contribution in [3.63, 3.8) is 0 Å². The summed E-state index contributed by atoms with van der Waals surface area (Å²) in [6.07, 6.45) is 10.5. The van der Waals surface area contributed by atoms with Crippen molar-refractivity contribution >= 4 is 64.0 Å². The molecule has 2 aliphatic heterocycles. The van der Waals surface area contributed by atoms with E-state index in [1.807, 2.05) is 18.4 Å². The maximum absolute atomic E-state index is 13.9. The summed E-state index contributed by atoms with van der Waals surface area (Å²) < 4.78 is 49.9. The van der Waals surface area contributed by atoms with Crippen molar-refractivity contribution in [2.24, 2.45) is 14.1 Å². The molecular formula is C48H56F2N12O5Si. The number of halogens is 2. The van der Waals surface area contributed by atoms with Crippen molar-refractivity contribution < 1.29 is 32.6 Å². The van der Waals surface area contributed by atoms with Crippen LogP contribution >= 0.6 is 0 Å². The van der Waals surface area contributed by atoms with E-state index in [4.69, 9.17) is 19.2 Å². The fourth-order valence-corrected chi connectivity index (χ4v) is 9.50. The number of amides is 2. The van der Waals surface area contributed by atoms with Crippen molar-refractivity contribution in [1.29, 1.82) is 0 Å². The highest BCUT2D eigenvalue weighted by atomic mass is 28.3. The monoisotopic (exact) mass is 946 g/mol. The second-order valence-corrected chi connectivity index (χ2v) is 24.5. The number of rotatable bonds is 13. The van der Waals surface area contributed by atoms with Gasteiger partial charge in [-0.05, 0) is 82.0 Å². The number of nitrogens with zero attached hydrogens (tertiary/aromatic N) is 9. The summed E-state index contributed by atoms with van der Waals surface area (Å²) in [5.74, 6) is -1.13. The number of carbonyl (C=O) groups excluding carboxylic acids is 2. The summed E-state index contributed by atoms with van der Waals surface area (Å²) in [5, 5.41) is 16.7. The van der Waals surface area contributed by atoms with E-state index in [-0.39, 0.29) is 54.5 Å². The minimum atomic E-state index is -1.23. The zero-order chi connectivity index (χ0) is 47.9. The van der Waals surface area contributed by atoms with Gasteiger partial charge in [0, 0.05) is 65.2 Å². The van der Waals surface area contributed by atoms with E-state index in [1.165, 1.54) is 24.3 Å². The van der Waals surface area contributed by atoms with Gasteiger partial charge in [0.15, 0.2) is 11.3 Å². The number of aromatic amines is 1. The first-order valence-corrected chi connectivity index (χ1v) is 26.7. The molecular weight excluding hydrogens is 891 g/mol. The topological polar surface area (TPSA) is 194 Å². The van der Waals surface area contributed by atoms with Crippen molar-refractivity contribution in [2.45, 2.75) is 96.2 Å². The summed E-state index contributed by atoms with van der Waals surface area (Å²) in [7, 11) is 2.28. The molecule has 356 valence electrons. The van der Waals surface area contributed by atoms with E-state index < -0.39 is 8.07 Å². The van der Waals surface area contributed by atoms with Gasteiger partial charge in [0.05, 0.1) is 58.8 Å². The number of hydrogen-bond acceptors (Lipinski definition) is 11. The van der Waals surface area contributed by atoms with Crippen molar-refractivity contribution in [3.05, 3.63) is 83.9 Å². The van der Waals surface area contributed by atoms with Crippen LogP contribution in [-0.2, 0) is 35.0 Å². The van der Waals surface area contributed by atoms with Crippen LogP contribution in [0.3, 0.4) is 0 Å². The minimum Gasteiger partial charge on any atom is -0.376 e. The first-order valence-electron chi connectivity index (χ1n) is 23.0. The van der Waals surface area contributed by atoms with Gasteiger partial charge < -0.3 is 34.4 Å².